The molecule has 0 radical (unpaired) electrons. The van der Waals surface area contributed by atoms with Gasteiger partial charge in [0.2, 0.25) is 15.9 Å². The third-order valence-corrected chi connectivity index (χ3v) is 10.5. The number of pyridine rings is 1. The number of hydrogen-bond acceptors (Lipinski definition) is 7. The van der Waals surface area contributed by atoms with Crippen LogP contribution in [0.25, 0.3) is 22.0 Å². The van der Waals surface area contributed by atoms with Crippen LogP contribution in [-0.4, -0.2) is 55.8 Å². The van der Waals surface area contributed by atoms with Crippen LogP contribution in [0.15, 0.2) is 42.5 Å². The maximum absolute atomic E-state index is 14.6. The molecule has 2 aromatic carbocycles. The molecular weight excluding hydrogens is 762 g/mol. The van der Waals surface area contributed by atoms with E-state index in [1.807, 2.05) is 0 Å². The summed E-state index contributed by atoms with van der Waals surface area (Å²) in [5, 5.41) is 22.3. The third kappa shape index (κ3) is 8.19. The van der Waals surface area contributed by atoms with E-state index in [9.17, 15) is 35.9 Å². The topological polar surface area (TPSA) is 144 Å². The van der Waals surface area contributed by atoms with Crippen LogP contribution in [0.1, 0.15) is 79.0 Å². The van der Waals surface area contributed by atoms with Gasteiger partial charge in [-0.25, -0.2) is 31.0 Å². The number of amides is 1. The molecule has 3 heterocycles. The highest BCUT2D eigenvalue weighted by molar-refractivity contribution is 7.92. The molecule has 0 spiro atoms. The minimum atomic E-state index is -3.78. The summed E-state index contributed by atoms with van der Waals surface area (Å²) < 4.78 is 87.0. The first-order valence-electron chi connectivity index (χ1n) is 17.4. The van der Waals surface area contributed by atoms with Crippen LogP contribution >= 0.6 is 11.6 Å². The summed E-state index contributed by atoms with van der Waals surface area (Å²) in [4.78, 5) is 18.9. The number of aromatic nitrogens is 5. The van der Waals surface area contributed by atoms with Gasteiger partial charge in [0.1, 0.15) is 35.2 Å². The van der Waals surface area contributed by atoms with Gasteiger partial charge in [0.15, 0.2) is 5.82 Å². The number of nitrogens with one attached hydrogen (secondary N) is 2. The Balaban J connectivity index is 1.38. The van der Waals surface area contributed by atoms with E-state index in [2.05, 4.69) is 32.1 Å². The van der Waals surface area contributed by atoms with Gasteiger partial charge in [0, 0.05) is 41.4 Å². The summed E-state index contributed by atoms with van der Waals surface area (Å²) in [5.74, 6) is 3.58. The van der Waals surface area contributed by atoms with E-state index in [1.54, 1.807) is 31.3 Å². The maximum Gasteiger partial charge on any atom is 0.282 e. The molecule has 288 valence electrons. The summed E-state index contributed by atoms with van der Waals surface area (Å²) in [7, 11) is -2.19. The molecule has 2 aliphatic rings. The molecule has 3 unspecified atom stereocenters. The third-order valence-electron chi connectivity index (χ3n) is 9.62. The molecule has 1 saturated carbocycles. The van der Waals surface area contributed by atoms with Gasteiger partial charge in [-0.15, -0.1) is 0 Å². The van der Waals surface area contributed by atoms with Crippen LogP contribution < -0.4 is 10.0 Å². The van der Waals surface area contributed by atoms with Crippen molar-refractivity contribution >= 4 is 44.3 Å². The van der Waals surface area contributed by atoms with Gasteiger partial charge < -0.3 is 10.4 Å². The molecular formula is C38H36ClF4N7O4S. The van der Waals surface area contributed by atoms with Gasteiger partial charge in [-0.05, 0) is 87.3 Å². The highest BCUT2D eigenvalue weighted by Crippen LogP contribution is 2.55. The zero-order valence-electron chi connectivity index (χ0n) is 30.1. The highest BCUT2D eigenvalue weighted by atomic mass is 35.5. The monoisotopic (exact) mass is 797 g/mol. The number of alkyl halides is 2. The van der Waals surface area contributed by atoms with Gasteiger partial charge >= 0.3 is 0 Å². The zero-order chi connectivity index (χ0) is 39.6. The minimum Gasteiger partial charge on any atom is -0.378 e. The van der Waals surface area contributed by atoms with Gasteiger partial charge in [0.25, 0.3) is 6.43 Å². The van der Waals surface area contributed by atoms with Crippen molar-refractivity contribution in [2.75, 3.05) is 11.0 Å². The van der Waals surface area contributed by atoms with Crippen molar-refractivity contribution in [2.45, 2.75) is 70.1 Å². The van der Waals surface area contributed by atoms with Gasteiger partial charge in [-0.3, -0.25) is 18.9 Å². The van der Waals surface area contributed by atoms with Crippen LogP contribution in [0.3, 0.4) is 0 Å². The molecule has 0 bridgehead atoms. The first kappa shape index (κ1) is 38.3. The van der Waals surface area contributed by atoms with Gasteiger partial charge in [-0.2, -0.15) is 10.2 Å². The second-order valence-corrected chi connectivity index (χ2v) is 16.7. The number of nitrogens with zero attached hydrogens (tertiary/aromatic N) is 5. The number of hydrogen-bond donors (Lipinski definition) is 3. The summed E-state index contributed by atoms with van der Waals surface area (Å²) in [6, 6.07) is 8.29. The summed E-state index contributed by atoms with van der Waals surface area (Å²) in [6.07, 6.45) is 0.0222. The Morgan fingerprint density at radius 2 is 1.80 bits per heavy atom. The summed E-state index contributed by atoms with van der Waals surface area (Å²) in [6.45, 7) is 2.57. The Bertz CT molecular complexity index is 2520. The lowest BCUT2D eigenvalue weighted by molar-refractivity contribution is -0.122. The molecule has 3 aromatic heterocycles. The fourth-order valence-electron chi connectivity index (χ4n) is 7.38. The number of carbonyl (C=O) groups excluding carboxylic acids is 1. The van der Waals surface area contributed by atoms with E-state index in [-0.39, 0.29) is 51.2 Å². The summed E-state index contributed by atoms with van der Waals surface area (Å²) >= 11 is 6.61. The second kappa shape index (κ2) is 14.3. The Hall–Kier alpha value is -4.98. The largest absolute Gasteiger partial charge is 0.378 e. The molecule has 1 amide bonds. The fourth-order valence-corrected chi connectivity index (χ4v) is 8.12. The first-order chi connectivity index (χ1) is 25.8. The lowest BCUT2D eigenvalue weighted by Gasteiger charge is -2.23. The van der Waals surface area contributed by atoms with E-state index in [1.165, 1.54) is 23.2 Å². The van der Waals surface area contributed by atoms with Crippen molar-refractivity contribution < 1.29 is 35.9 Å². The fraction of sp³-hybridized carbons (Fsp3) is 0.368. The Labute approximate surface area is 319 Å². The lowest BCUT2D eigenvalue weighted by atomic mass is 9.93. The van der Waals surface area contributed by atoms with Crippen molar-refractivity contribution in [1.82, 2.24) is 29.9 Å². The molecule has 1 fully saturated rings. The van der Waals surface area contributed by atoms with E-state index in [0.29, 0.717) is 40.2 Å². The van der Waals surface area contributed by atoms with Gasteiger partial charge in [-0.1, -0.05) is 23.6 Å². The van der Waals surface area contributed by atoms with E-state index in [0.717, 1.165) is 37.3 Å². The number of rotatable bonds is 10. The highest BCUT2D eigenvalue weighted by Gasteiger charge is 2.46. The quantitative estimate of drug-likeness (QED) is 0.111. The smallest absolute Gasteiger partial charge is 0.282 e. The molecule has 0 saturated heterocycles. The number of anilines is 1. The first-order valence-corrected chi connectivity index (χ1v) is 19.6. The molecule has 17 heteroatoms. The van der Waals surface area contributed by atoms with Gasteiger partial charge in [0.05, 0.1) is 33.9 Å². The number of fused-ring (bicyclic) bond motifs is 4. The van der Waals surface area contributed by atoms with Crippen LogP contribution in [-0.2, 0) is 41.3 Å². The van der Waals surface area contributed by atoms with Crippen molar-refractivity contribution in [1.29, 1.82) is 0 Å². The van der Waals surface area contributed by atoms with Crippen LogP contribution in [0.5, 0.6) is 0 Å². The summed E-state index contributed by atoms with van der Waals surface area (Å²) in [5.41, 5.74) is 1.14. The molecule has 3 N–H and O–H groups in total. The number of benzene rings is 2. The van der Waals surface area contributed by atoms with Crippen LogP contribution in [0.4, 0.5) is 23.4 Å². The SMILES string of the molecule is Cn1nc(NS(C)(=O)=O)c2c(Cl)ccc(-c3ccc(C#CC(C)(C)O)nc3C(Cc3cc(F)cc(F)c3)NC(=O)Cn3nc(C(F)F)c4c3C3CC3CC4)c21. The predicted octanol–water partition coefficient (Wildman–Crippen LogP) is 6.34. The van der Waals surface area contributed by atoms with E-state index < -0.39 is 52.2 Å². The Kier molecular flexibility index (Phi) is 9.93. The maximum atomic E-state index is 14.6. The predicted molar refractivity (Wildman–Crippen MR) is 198 cm³/mol. The van der Waals surface area contributed by atoms with Crippen molar-refractivity contribution in [3.8, 4) is 23.0 Å². The standard InChI is InChI=1S/C38H36ClF4N7O4S/c1-38(2,52)12-11-23-6-8-24(25-9-10-28(39)31-35(25)49(3)47-37(31)48-55(4,53)54)32(44-23)29(15-19-13-21(40)17-22(41)14-19)45-30(51)18-50-34-26(33(46-50)36(42)43)7-5-20-16-27(20)34/h6,8-10,13-14,17,20,27,29,36,52H,5,7,15-16,18H2,1-4H3,(H,45,51)(H,47,48). The molecule has 3 atom stereocenters. The second-order valence-electron chi connectivity index (χ2n) is 14.6. The zero-order valence-corrected chi connectivity index (χ0v) is 31.7. The Morgan fingerprint density at radius 3 is 2.47 bits per heavy atom. The van der Waals surface area contributed by atoms with Crippen molar-refractivity contribution in [3.63, 3.8) is 0 Å². The Morgan fingerprint density at radius 1 is 1.09 bits per heavy atom. The number of carbonyl (C=O) groups is 1. The average Bonchev–Trinajstić information content (AvgIpc) is 3.68. The number of aryl methyl sites for hydroxylation is 1. The number of sulfonamides is 1. The number of aliphatic hydroxyl groups is 1. The molecule has 2 aliphatic carbocycles. The molecule has 5 aromatic rings. The molecule has 7 rings (SSSR count). The number of halogens is 5. The van der Waals surface area contributed by atoms with Crippen molar-refractivity contribution in [2.24, 2.45) is 13.0 Å². The molecule has 55 heavy (non-hydrogen) atoms. The normalized spacial score (nSPS) is 17.0. The van der Waals surface area contributed by atoms with E-state index >= 15 is 0 Å². The lowest BCUT2D eigenvalue weighted by Crippen LogP contribution is -2.34. The van der Waals surface area contributed by atoms with Crippen molar-refractivity contribution in [3.05, 3.63) is 93.0 Å². The van der Waals surface area contributed by atoms with Crippen LogP contribution in [0, 0.1) is 29.4 Å². The molecule has 11 nitrogen and oxygen atoms in total. The minimum absolute atomic E-state index is 0.0299. The molecule has 0 aliphatic heterocycles. The van der Waals surface area contributed by atoms with Crippen LogP contribution in [0.2, 0.25) is 5.02 Å². The average molecular weight is 798 g/mol. The van der Waals surface area contributed by atoms with E-state index in [4.69, 9.17) is 16.6 Å².